The van der Waals surface area contributed by atoms with E-state index in [0.717, 1.165) is 4.31 Å². The van der Waals surface area contributed by atoms with E-state index in [1.807, 2.05) is 0 Å². The summed E-state index contributed by atoms with van der Waals surface area (Å²) < 4.78 is 45.3. The zero-order valence-corrected chi connectivity index (χ0v) is 13.9. The van der Waals surface area contributed by atoms with Crippen molar-refractivity contribution in [2.24, 2.45) is 0 Å². The van der Waals surface area contributed by atoms with Gasteiger partial charge in [-0.1, -0.05) is 17.3 Å². The summed E-state index contributed by atoms with van der Waals surface area (Å²) in [7, 11) is -4.00. The number of hydrogen-bond acceptors (Lipinski definition) is 5. The third kappa shape index (κ3) is 2.69. The number of aromatic nitrogens is 1. The Morgan fingerprint density at radius 2 is 1.96 bits per heavy atom. The highest BCUT2D eigenvalue weighted by Gasteiger charge is 2.41. The van der Waals surface area contributed by atoms with Gasteiger partial charge in [-0.15, -0.1) is 0 Å². The highest BCUT2D eigenvalue weighted by molar-refractivity contribution is 7.89. The molecule has 1 amide bonds. The van der Waals surface area contributed by atoms with Crippen LogP contribution >= 0.6 is 0 Å². The number of halogens is 1. The Kier molecular flexibility index (Phi) is 4.14. The third-order valence-electron chi connectivity index (χ3n) is 3.89. The molecule has 1 aliphatic rings. The molecule has 1 atom stereocenters. The van der Waals surface area contributed by atoms with Gasteiger partial charge in [0, 0.05) is 13.1 Å². The normalized spacial score (nSPS) is 19.3. The molecule has 1 unspecified atom stereocenters. The number of benzene rings is 1. The number of carbonyl (C=O) groups excluding carboxylic acids is 1. The topological polar surface area (TPSA) is 92.5 Å². The van der Waals surface area contributed by atoms with E-state index in [1.165, 1.54) is 38.1 Å². The number of hydrogen-bond donors (Lipinski definition) is 1. The van der Waals surface area contributed by atoms with Gasteiger partial charge in [0.2, 0.25) is 15.9 Å². The van der Waals surface area contributed by atoms with Gasteiger partial charge in [0.15, 0.2) is 5.76 Å². The average Bonchev–Trinajstić information content (AvgIpc) is 2.87. The molecule has 128 valence electrons. The van der Waals surface area contributed by atoms with Crippen molar-refractivity contribution in [2.45, 2.75) is 24.8 Å². The molecule has 1 fully saturated rings. The molecule has 1 saturated heterocycles. The molecule has 0 aliphatic carbocycles. The summed E-state index contributed by atoms with van der Waals surface area (Å²) in [5.41, 5.74) is 0.625. The fourth-order valence-electron chi connectivity index (χ4n) is 2.83. The number of amides is 1. The Morgan fingerprint density at radius 3 is 2.54 bits per heavy atom. The van der Waals surface area contributed by atoms with Crippen LogP contribution in [0.3, 0.4) is 0 Å². The van der Waals surface area contributed by atoms with Gasteiger partial charge in [-0.25, -0.2) is 12.8 Å². The van der Waals surface area contributed by atoms with Crippen molar-refractivity contribution in [1.82, 2.24) is 14.8 Å². The fourth-order valence-corrected chi connectivity index (χ4v) is 4.70. The summed E-state index contributed by atoms with van der Waals surface area (Å²) >= 11 is 0. The van der Waals surface area contributed by atoms with Crippen LogP contribution in [0.15, 0.2) is 33.7 Å². The van der Waals surface area contributed by atoms with Gasteiger partial charge in [-0.3, -0.25) is 4.79 Å². The molecule has 0 radical (unpaired) electrons. The molecule has 2 heterocycles. The van der Waals surface area contributed by atoms with Gasteiger partial charge in [-0.05, 0) is 31.5 Å². The zero-order chi connectivity index (χ0) is 17.5. The van der Waals surface area contributed by atoms with E-state index in [-0.39, 0.29) is 29.4 Å². The van der Waals surface area contributed by atoms with Crippen molar-refractivity contribution in [1.29, 1.82) is 0 Å². The van der Waals surface area contributed by atoms with Crippen LogP contribution in [0.25, 0.3) is 0 Å². The molecule has 1 aliphatic heterocycles. The summed E-state index contributed by atoms with van der Waals surface area (Å²) in [5, 5.41) is 6.32. The maximum absolute atomic E-state index is 13.2. The third-order valence-corrected chi connectivity index (χ3v) is 6.00. The molecule has 3 rings (SSSR count). The van der Waals surface area contributed by atoms with E-state index in [4.69, 9.17) is 4.52 Å². The van der Waals surface area contributed by atoms with Gasteiger partial charge in [-0.2, -0.15) is 4.31 Å². The molecule has 0 saturated carbocycles. The van der Waals surface area contributed by atoms with Crippen LogP contribution in [-0.2, 0) is 14.8 Å². The molecule has 1 aromatic heterocycles. The molecule has 7 nitrogen and oxygen atoms in total. The SMILES string of the molecule is Cc1noc(C)c1S(=O)(=O)N1CCNC(=O)C1c1ccc(F)cc1. The first-order chi connectivity index (χ1) is 11.3. The number of rotatable bonds is 3. The number of nitrogens with one attached hydrogen (secondary N) is 1. The van der Waals surface area contributed by atoms with Crippen LogP contribution in [0.2, 0.25) is 0 Å². The van der Waals surface area contributed by atoms with Crippen LogP contribution < -0.4 is 5.32 Å². The highest BCUT2D eigenvalue weighted by Crippen LogP contribution is 2.32. The number of sulfonamides is 1. The van der Waals surface area contributed by atoms with Gasteiger partial charge >= 0.3 is 0 Å². The maximum atomic E-state index is 13.2. The lowest BCUT2D eigenvalue weighted by Gasteiger charge is -2.34. The smallest absolute Gasteiger partial charge is 0.249 e. The maximum Gasteiger partial charge on any atom is 0.249 e. The van der Waals surface area contributed by atoms with Crippen molar-refractivity contribution >= 4 is 15.9 Å². The van der Waals surface area contributed by atoms with Crippen molar-refractivity contribution in [2.75, 3.05) is 13.1 Å². The number of aryl methyl sites for hydroxylation is 2. The van der Waals surface area contributed by atoms with Gasteiger partial charge in [0.25, 0.3) is 0 Å². The molecule has 2 aromatic rings. The van der Waals surface area contributed by atoms with Crippen molar-refractivity contribution in [3.05, 3.63) is 47.1 Å². The summed E-state index contributed by atoms with van der Waals surface area (Å²) in [5.74, 6) is -0.755. The first-order valence-electron chi connectivity index (χ1n) is 7.30. The average molecular weight is 353 g/mol. The minimum absolute atomic E-state index is 0.0377. The Hall–Kier alpha value is -2.26. The molecule has 0 bridgehead atoms. The largest absolute Gasteiger partial charge is 0.360 e. The molecular formula is C15H16FN3O4S. The fraction of sp³-hybridized carbons (Fsp3) is 0.333. The van der Waals surface area contributed by atoms with E-state index in [9.17, 15) is 17.6 Å². The van der Waals surface area contributed by atoms with Crippen LogP contribution in [0, 0.1) is 19.7 Å². The monoisotopic (exact) mass is 353 g/mol. The standard InChI is InChI=1S/C15H16FN3O4S/c1-9-14(10(2)23-18-9)24(21,22)19-8-7-17-15(20)13(19)11-3-5-12(16)6-4-11/h3-6,13H,7-8H2,1-2H3,(H,17,20). The molecule has 1 N–H and O–H groups in total. The lowest BCUT2D eigenvalue weighted by atomic mass is 10.0. The van der Waals surface area contributed by atoms with E-state index in [1.54, 1.807) is 0 Å². The van der Waals surface area contributed by atoms with Crippen molar-refractivity contribution in [3.8, 4) is 0 Å². The first kappa shape index (κ1) is 16.6. The molecule has 1 aromatic carbocycles. The van der Waals surface area contributed by atoms with E-state index < -0.39 is 27.8 Å². The second-order valence-electron chi connectivity index (χ2n) is 5.51. The Morgan fingerprint density at radius 1 is 1.29 bits per heavy atom. The second-order valence-corrected chi connectivity index (χ2v) is 7.34. The van der Waals surface area contributed by atoms with Crippen molar-refractivity contribution < 1.29 is 22.1 Å². The lowest BCUT2D eigenvalue weighted by molar-refractivity contribution is -0.126. The predicted octanol–water partition coefficient (Wildman–Crippen LogP) is 1.29. The molecular weight excluding hydrogens is 337 g/mol. The van der Waals surface area contributed by atoms with Gasteiger partial charge in [0.1, 0.15) is 22.4 Å². The molecule has 24 heavy (non-hydrogen) atoms. The van der Waals surface area contributed by atoms with E-state index >= 15 is 0 Å². The van der Waals surface area contributed by atoms with Gasteiger partial charge < -0.3 is 9.84 Å². The van der Waals surface area contributed by atoms with Crippen LogP contribution in [0.5, 0.6) is 0 Å². The summed E-state index contributed by atoms with van der Waals surface area (Å²) in [4.78, 5) is 12.3. The van der Waals surface area contributed by atoms with E-state index in [2.05, 4.69) is 10.5 Å². The van der Waals surface area contributed by atoms with Gasteiger partial charge in [0.05, 0.1) is 0 Å². The quantitative estimate of drug-likeness (QED) is 0.898. The minimum Gasteiger partial charge on any atom is -0.360 e. The second kappa shape index (κ2) is 5.99. The lowest BCUT2D eigenvalue weighted by Crippen LogP contribution is -2.52. The van der Waals surface area contributed by atoms with E-state index in [0.29, 0.717) is 5.56 Å². The molecule has 0 spiro atoms. The number of piperazine rings is 1. The van der Waals surface area contributed by atoms with Crippen LogP contribution in [0.4, 0.5) is 4.39 Å². The Labute approximate surface area is 138 Å². The summed E-state index contributed by atoms with van der Waals surface area (Å²) in [6.07, 6.45) is 0. The van der Waals surface area contributed by atoms with Crippen LogP contribution in [0.1, 0.15) is 23.1 Å². The highest BCUT2D eigenvalue weighted by atomic mass is 32.2. The summed E-state index contributed by atoms with van der Waals surface area (Å²) in [6.45, 7) is 3.32. The number of nitrogens with zero attached hydrogens (tertiary/aromatic N) is 2. The van der Waals surface area contributed by atoms with Crippen molar-refractivity contribution in [3.63, 3.8) is 0 Å². The Bertz CT molecular complexity index is 857. The summed E-state index contributed by atoms with van der Waals surface area (Å²) in [6, 6.07) is 4.12. The first-order valence-corrected chi connectivity index (χ1v) is 8.74. The van der Waals surface area contributed by atoms with Crippen LogP contribution in [-0.4, -0.2) is 36.9 Å². The predicted molar refractivity (Wildman–Crippen MR) is 82.0 cm³/mol. The molecule has 9 heteroatoms. The number of carbonyl (C=O) groups is 1. The minimum atomic E-state index is -4.00. The Balaban J connectivity index is 2.10. The zero-order valence-electron chi connectivity index (χ0n) is 13.1.